The third kappa shape index (κ3) is 6.93. The van der Waals surface area contributed by atoms with Crippen LogP contribution >= 0.6 is 39.5 Å². The lowest BCUT2D eigenvalue weighted by atomic mass is 10.1. The number of rotatable bonds is 7. The second kappa shape index (κ2) is 11.7. The van der Waals surface area contributed by atoms with Crippen LogP contribution in [-0.2, 0) is 26.0 Å². The number of thiazole rings is 1. The van der Waals surface area contributed by atoms with Crippen LogP contribution in [0.2, 0.25) is 0 Å². The Labute approximate surface area is 221 Å². The highest BCUT2D eigenvalue weighted by molar-refractivity contribution is 9.10. The minimum absolute atomic E-state index is 0.178. The SMILES string of the molecule is O=C(CCc1ccc(S(=O)(=O)N2CCOCC2)cc1)NC(=S)Nc1nc(-c2cccc(Br)c2)cs1. The number of anilines is 1. The Balaban J connectivity index is 1.26. The van der Waals surface area contributed by atoms with E-state index in [-0.39, 0.29) is 22.3 Å². The summed E-state index contributed by atoms with van der Waals surface area (Å²) in [5.74, 6) is -0.240. The average Bonchev–Trinajstić information content (AvgIpc) is 3.32. The lowest BCUT2D eigenvalue weighted by molar-refractivity contribution is -0.119. The molecule has 0 saturated carbocycles. The van der Waals surface area contributed by atoms with Crippen LogP contribution in [0.4, 0.5) is 5.13 Å². The van der Waals surface area contributed by atoms with Gasteiger partial charge in [-0.1, -0.05) is 40.2 Å². The van der Waals surface area contributed by atoms with Gasteiger partial charge in [0, 0.05) is 34.9 Å². The number of thiocarbonyl (C=S) groups is 1. The molecule has 0 spiro atoms. The average molecular weight is 596 g/mol. The summed E-state index contributed by atoms with van der Waals surface area (Å²) in [6, 6.07) is 14.4. The summed E-state index contributed by atoms with van der Waals surface area (Å²) in [5.41, 5.74) is 2.65. The summed E-state index contributed by atoms with van der Waals surface area (Å²) in [5, 5.41) is 8.29. The second-order valence-corrected chi connectivity index (χ2v) is 11.8. The maximum Gasteiger partial charge on any atom is 0.243 e. The molecule has 0 unspecified atom stereocenters. The van der Waals surface area contributed by atoms with Crippen molar-refractivity contribution in [1.82, 2.24) is 14.6 Å². The molecule has 1 aliphatic heterocycles. The van der Waals surface area contributed by atoms with Gasteiger partial charge in [0.1, 0.15) is 0 Å². The number of sulfonamides is 1. The Kier molecular flexibility index (Phi) is 8.63. The van der Waals surface area contributed by atoms with Gasteiger partial charge in [0.05, 0.1) is 23.8 Å². The number of carbonyl (C=O) groups is 1. The summed E-state index contributed by atoms with van der Waals surface area (Å²) >= 11 is 10.1. The lowest BCUT2D eigenvalue weighted by Gasteiger charge is -2.26. The predicted molar refractivity (Wildman–Crippen MR) is 144 cm³/mol. The third-order valence-electron chi connectivity index (χ3n) is 5.27. The lowest BCUT2D eigenvalue weighted by Crippen LogP contribution is -2.40. The molecule has 1 amide bonds. The summed E-state index contributed by atoms with van der Waals surface area (Å²) < 4.78 is 33.0. The van der Waals surface area contributed by atoms with Crippen LogP contribution in [0.25, 0.3) is 11.3 Å². The van der Waals surface area contributed by atoms with Crippen LogP contribution in [0.3, 0.4) is 0 Å². The molecule has 2 N–H and O–H groups in total. The maximum atomic E-state index is 12.7. The Bertz CT molecular complexity index is 1310. The first-order chi connectivity index (χ1) is 16.8. The molecule has 35 heavy (non-hydrogen) atoms. The molecule has 1 aromatic heterocycles. The quantitative estimate of drug-likeness (QED) is 0.398. The van der Waals surface area contributed by atoms with E-state index < -0.39 is 10.0 Å². The summed E-state index contributed by atoms with van der Waals surface area (Å²) in [4.78, 5) is 17.1. The van der Waals surface area contributed by atoms with Gasteiger partial charge in [0.25, 0.3) is 0 Å². The van der Waals surface area contributed by atoms with Gasteiger partial charge in [-0.05, 0) is 48.5 Å². The standard InChI is InChI=1S/C23H23BrN4O4S3/c24-18-3-1-2-17(14-18)20-15-34-23(25-20)27-22(33)26-21(29)9-6-16-4-7-19(8-5-16)35(30,31)28-10-12-32-13-11-28/h1-5,7-8,14-15H,6,9-13H2,(H2,25,26,27,29,33). The van der Waals surface area contributed by atoms with Crippen LogP contribution in [0.15, 0.2) is 63.3 Å². The number of aromatic nitrogens is 1. The van der Waals surface area contributed by atoms with E-state index in [1.165, 1.54) is 15.6 Å². The van der Waals surface area contributed by atoms with E-state index in [4.69, 9.17) is 17.0 Å². The first kappa shape index (κ1) is 25.9. The molecule has 1 saturated heterocycles. The van der Waals surface area contributed by atoms with Gasteiger partial charge in [-0.15, -0.1) is 11.3 Å². The monoisotopic (exact) mass is 594 g/mol. The fraction of sp³-hybridized carbons (Fsp3) is 0.261. The largest absolute Gasteiger partial charge is 0.379 e. The van der Waals surface area contributed by atoms with Crippen molar-refractivity contribution in [3.05, 3.63) is 63.9 Å². The third-order valence-corrected chi connectivity index (χ3v) is 8.64. The van der Waals surface area contributed by atoms with Crippen molar-refractivity contribution in [1.29, 1.82) is 0 Å². The number of aryl methyl sites for hydroxylation is 1. The van der Waals surface area contributed by atoms with E-state index in [1.54, 1.807) is 24.3 Å². The molecule has 0 atom stereocenters. The zero-order chi connectivity index (χ0) is 24.8. The molecule has 4 rings (SSSR count). The molecule has 184 valence electrons. The summed E-state index contributed by atoms with van der Waals surface area (Å²) in [6.07, 6.45) is 0.662. The smallest absolute Gasteiger partial charge is 0.243 e. The topological polar surface area (TPSA) is 101 Å². The molecule has 2 heterocycles. The first-order valence-corrected chi connectivity index (χ1v) is 14.3. The highest BCUT2D eigenvalue weighted by Crippen LogP contribution is 2.27. The molecule has 0 radical (unpaired) electrons. The number of hydrogen-bond acceptors (Lipinski definition) is 7. The van der Waals surface area contributed by atoms with E-state index in [0.717, 1.165) is 21.3 Å². The van der Waals surface area contributed by atoms with E-state index in [0.29, 0.717) is 37.9 Å². The van der Waals surface area contributed by atoms with E-state index in [9.17, 15) is 13.2 Å². The Morgan fingerprint density at radius 2 is 1.91 bits per heavy atom. The number of nitrogens with one attached hydrogen (secondary N) is 2. The van der Waals surface area contributed by atoms with Gasteiger partial charge in [-0.3, -0.25) is 4.79 Å². The Morgan fingerprint density at radius 1 is 1.17 bits per heavy atom. The summed E-state index contributed by atoms with van der Waals surface area (Å²) in [7, 11) is -3.53. The second-order valence-electron chi connectivity index (χ2n) is 7.71. The molecular formula is C23H23BrN4O4S3. The maximum absolute atomic E-state index is 12.7. The first-order valence-electron chi connectivity index (χ1n) is 10.8. The van der Waals surface area contributed by atoms with Gasteiger partial charge in [-0.2, -0.15) is 4.31 Å². The number of ether oxygens (including phenoxy) is 1. The van der Waals surface area contributed by atoms with Crippen molar-refractivity contribution >= 4 is 65.7 Å². The van der Waals surface area contributed by atoms with Crippen molar-refractivity contribution in [3.63, 3.8) is 0 Å². The zero-order valence-corrected chi connectivity index (χ0v) is 22.6. The van der Waals surface area contributed by atoms with Crippen molar-refractivity contribution < 1.29 is 17.9 Å². The van der Waals surface area contributed by atoms with Crippen molar-refractivity contribution in [2.24, 2.45) is 0 Å². The molecule has 1 fully saturated rings. The van der Waals surface area contributed by atoms with Gasteiger partial charge in [0.15, 0.2) is 10.2 Å². The van der Waals surface area contributed by atoms with Crippen LogP contribution in [0.1, 0.15) is 12.0 Å². The van der Waals surface area contributed by atoms with Crippen LogP contribution in [0, 0.1) is 0 Å². The molecule has 3 aromatic rings. The number of halogens is 1. The summed E-state index contributed by atoms with van der Waals surface area (Å²) in [6.45, 7) is 1.50. The van der Waals surface area contributed by atoms with Crippen molar-refractivity contribution in [3.8, 4) is 11.3 Å². The Morgan fingerprint density at radius 3 is 2.63 bits per heavy atom. The molecule has 0 bridgehead atoms. The highest BCUT2D eigenvalue weighted by atomic mass is 79.9. The van der Waals surface area contributed by atoms with Gasteiger partial charge >= 0.3 is 0 Å². The van der Waals surface area contributed by atoms with Crippen LogP contribution < -0.4 is 10.6 Å². The van der Waals surface area contributed by atoms with Crippen LogP contribution in [-0.4, -0.2) is 55.0 Å². The normalized spacial score (nSPS) is 14.4. The minimum Gasteiger partial charge on any atom is -0.379 e. The number of morpholine rings is 1. The molecule has 1 aliphatic rings. The highest BCUT2D eigenvalue weighted by Gasteiger charge is 2.26. The Hall–Kier alpha value is -2.22. The van der Waals surface area contributed by atoms with Crippen molar-refractivity contribution in [2.75, 3.05) is 31.6 Å². The number of amides is 1. The minimum atomic E-state index is -3.53. The zero-order valence-electron chi connectivity index (χ0n) is 18.6. The van der Waals surface area contributed by atoms with Crippen LogP contribution in [0.5, 0.6) is 0 Å². The molecular weight excluding hydrogens is 572 g/mol. The number of hydrogen-bond donors (Lipinski definition) is 2. The van der Waals surface area contributed by atoms with Crippen molar-refractivity contribution in [2.45, 2.75) is 17.7 Å². The number of benzene rings is 2. The molecule has 0 aliphatic carbocycles. The van der Waals surface area contributed by atoms with Gasteiger partial charge in [-0.25, -0.2) is 13.4 Å². The predicted octanol–water partition coefficient (Wildman–Crippen LogP) is 4.04. The van der Waals surface area contributed by atoms with Gasteiger partial charge < -0.3 is 15.4 Å². The molecule has 2 aromatic carbocycles. The fourth-order valence-electron chi connectivity index (χ4n) is 3.45. The molecule has 8 nitrogen and oxygen atoms in total. The molecule has 12 heteroatoms. The van der Waals surface area contributed by atoms with Gasteiger partial charge in [0.2, 0.25) is 15.9 Å². The van der Waals surface area contributed by atoms with E-state index in [2.05, 4.69) is 31.5 Å². The number of nitrogens with zero attached hydrogens (tertiary/aromatic N) is 2. The van der Waals surface area contributed by atoms with E-state index in [1.807, 2.05) is 29.6 Å². The van der Waals surface area contributed by atoms with E-state index >= 15 is 0 Å². The number of carbonyl (C=O) groups excluding carboxylic acids is 1. The fourth-order valence-corrected chi connectivity index (χ4v) is 6.26.